The van der Waals surface area contributed by atoms with Gasteiger partial charge in [-0.05, 0) is 57.7 Å². The lowest BCUT2D eigenvalue weighted by Gasteiger charge is -2.24. The zero-order chi connectivity index (χ0) is 18.4. The number of nitrogens with one attached hydrogen (secondary N) is 1. The van der Waals surface area contributed by atoms with E-state index < -0.39 is 0 Å². The molecule has 138 valence electrons. The number of aryl methyl sites for hydroxylation is 2. The van der Waals surface area contributed by atoms with Crippen molar-refractivity contribution in [1.29, 1.82) is 0 Å². The Kier molecular flexibility index (Phi) is 7.00. The third-order valence-electron chi connectivity index (χ3n) is 4.81. The van der Waals surface area contributed by atoms with Crippen LogP contribution in [0.3, 0.4) is 0 Å². The lowest BCUT2D eigenvalue weighted by atomic mass is 10.1. The molecule has 0 spiro atoms. The van der Waals surface area contributed by atoms with Crippen LogP contribution in [0.25, 0.3) is 0 Å². The Morgan fingerprint density at radius 3 is 2.44 bits per heavy atom. The molecule has 1 saturated carbocycles. The normalized spacial score (nSPS) is 13.8. The van der Waals surface area contributed by atoms with E-state index >= 15 is 0 Å². The quantitative estimate of drug-likeness (QED) is 0.749. The monoisotopic (exact) mass is 345 g/mol. The highest BCUT2D eigenvalue weighted by molar-refractivity contribution is 5.93. The van der Waals surface area contributed by atoms with Gasteiger partial charge in [0, 0.05) is 37.8 Å². The molecular formula is C20H31N3O2. The molecular weight excluding hydrogens is 314 g/mol. The van der Waals surface area contributed by atoms with Gasteiger partial charge in [0.25, 0.3) is 0 Å². The molecule has 1 aliphatic carbocycles. The summed E-state index contributed by atoms with van der Waals surface area (Å²) >= 11 is 0. The van der Waals surface area contributed by atoms with Gasteiger partial charge >= 0.3 is 0 Å². The summed E-state index contributed by atoms with van der Waals surface area (Å²) in [6.07, 6.45) is 2.72. The fraction of sp³-hybridized carbons (Fsp3) is 0.600. The summed E-state index contributed by atoms with van der Waals surface area (Å²) in [6, 6.07) is 6.51. The van der Waals surface area contributed by atoms with Gasteiger partial charge in [-0.15, -0.1) is 0 Å². The molecule has 1 aliphatic rings. The SMILES string of the molecule is CCN(CC)C(=O)CCN(CC(=O)Nc1cc(C)ccc1C)C1CC1. The van der Waals surface area contributed by atoms with E-state index in [0.717, 1.165) is 42.7 Å². The molecule has 1 aromatic carbocycles. The van der Waals surface area contributed by atoms with Gasteiger partial charge in [0.15, 0.2) is 0 Å². The van der Waals surface area contributed by atoms with Crippen molar-refractivity contribution in [2.45, 2.75) is 53.0 Å². The molecule has 0 unspecified atom stereocenters. The Morgan fingerprint density at radius 2 is 1.84 bits per heavy atom. The smallest absolute Gasteiger partial charge is 0.238 e. The average Bonchev–Trinajstić information content (AvgIpc) is 3.41. The van der Waals surface area contributed by atoms with Crippen LogP contribution in [0.2, 0.25) is 0 Å². The molecule has 0 radical (unpaired) electrons. The Morgan fingerprint density at radius 1 is 1.16 bits per heavy atom. The van der Waals surface area contributed by atoms with Crippen LogP contribution in [0.5, 0.6) is 0 Å². The summed E-state index contributed by atoms with van der Waals surface area (Å²) in [5.41, 5.74) is 3.07. The second-order valence-corrected chi connectivity index (χ2v) is 6.88. The van der Waals surface area contributed by atoms with E-state index in [2.05, 4.69) is 10.2 Å². The number of carbonyl (C=O) groups is 2. The van der Waals surface area contributed by atoms with Crippen molar-refractivity contribution in [3.8, 4) is 0 Å². The van der Waals surface area contributed by atoms with E-state index in [9.17, 15) is 9.59 Å². The van der Waals surface area contributed by atoms with Gasteiger partial charge in [0.2, 0.25) is 11.8 Å². The highest BCUT2D eigenvalue weighted by atomic mass is 16.2. The van der Waals surface area contributed by atoms with Crippen molar-refractivity contribution in [3.05, 3.63) is 29.3 Å². The van der Waals surface area contributed by atoms with Crippen molar-refractivity contribution < 1.29 is 9.59 Å². The van der Waals surface area contributed by atoms with Crippen LogP contribution in [0, 0.1) is 13.8 Å². The lowest BCUT2D eigenvalue weighted by molar-refractivity contribution is -0.131. The molecule has 2 rings (SSSR count). The first-order valence-electron chi connectivity index (χ1n) is 9.33. The largest absolute Gasteiger partial charge is 0.343 e. The molecule has 1 N–H and O–H groups in total. The fourth-order valence-electron chi connectivity index (χ4n) is 3.05. The van der Waals surface area contributed by atoms with Gasteiger partial charge < -0.3 is 10.2 Å². The fourth-order valence-corrected chi connectivity index (χ4v) is 3.05. The highest BCUT2D eigenvalue weighted by Gasteiger charge is 2.30. The van der Waals surface area contributed by atoms with Gasteiger partial charge in [0.1, 0.15) is 0 Å². The topological polar surface area (TPSA) is 52.7 Å². The van der Waals surface area contributed by atoms with Crippen molar-refractivity contribution in [3.63, 3.8) is 0 Å². The van der Waals surface area contributed by atoms with E-state index in [-0.39, 0.29) is 11.8 Å². The molecule has 0 heterocycles. The van der Waals surface area contributed by atoms with Crippen molar-refractivity contribution in [2.75, 3.05) is 31.5 Å². The maximum atomic E-state index is 12.5. The highest BCUT2D eigenvalue weighted by Crippen LogP contribution is 2.27. The number of carbonyl (C=O) groups excluding carboxylic acids is 2. The first-order chi connectivity index (χ1) is 11.9. The first-order valence-corrected chi connectivity index (χ1v) is 9.33. The molecule has 25 heavy (non-hydrogen) atoms. The zero-order valence-electron chi connectivity index (χ0n) is 16.0. The molecule has 1 aromatic rings. The van der Waals surface area contributed by atoms with Gasteiger partial charge in [-0.25, -0.2) is 0 Å². The predicted molar refractivity (Wildman–Crippen MR) is 102 cm³/mol. The third kappa shape index (κ3) is 5.85. The van der Waals surface area contributed by atoms with Crippen LogP contribution in [0.1, 0.15) is 44.2 Å². The van der Waals surface area contributed by atoms with Gasteiger partial charge in [0.05, 0.1) is 6.54 Å². The number of hydrogen-bond acceptors (Lipinski definition) is 3. The molecule has 0 atom stereocenters. The number of rotatable bonds is 9. The second kappa shape index (κ2) is 8.99. The molecule has 5 nitrogen and oxygen atoms in total. The number of nitrogens with zero attached hydrogens (tertiary/aromatic N) is 2. The molecule has 0 saturated heterocycles. The number of amides is 2. The predicted octanol–water partition coefficient (Wildman–Crippen LogP) is 2.96. The Balaban J connectivity index is 1.89. The summed E-state index contributed by atoms with van der Waals surface area (Å²) in [6.45, 7) is 10.5. The summed E-state index contributed by atoms with van der Waals surface area (Å²) in [5, 5.41) is 3.02. The minimum Gasteiger partial charge on any atom is -0.343 e. The molecule has 0 aromatic heterocycles. The van der Waals surface area contributed by atoms with Crippen LogP contribution in [0.4, 0.5) is 5.69 Å². The second-order valence-electron chi connectivity index (χ2n) is 6.88. The summed E-state index contributed by atoms with van der Waals surface area (Å²) in [7, 11) is 0. The number of benzene rings is 1. The molecule has 2 amide bonds. The van der Waals surface area contributed by atoms with Gasteiger partial charge in [-0.1, -0.05) is 12.1 Å². The van der Waals surface area contributed by atoms with Crippen LogP contribution >= 0.6 is 0 Å². The van der Waals surface area contributed by atoms with Crippen molar-refractivity contribution in [2.24, 2.45) is 0 Å². The van der Waals surface area contributed by atoms with Crippen molar-refractivity contribution >= 4 is 17.5 Å². The van der Waals surface area contributed by atoms with Gasteiger partial charge in [-0.3, -0.25) is 14.5 Å². The molecule has 0 aliphatic heterocycles. The lowest BCUT2D eigenvalue weighted by Crippen LogP contribution is -2.39. The summed E-state index contributed by atoms with van der Waals surface area (Å²) in [4.78, 5) is 28.7. The van der Waals surface area contributed by atoms with Crippen LogP contribution in [-0.2, 0) is 9.59 Å². The zero-order valence-corrected chi connectivity index (χ0v) is 16.0. The van der Waals surface area contributed by atoms with Crippen LogP contribution in [-0.4, -0.2) is 53.8 Å². The van der Waals surface area contributed by atoms with E-state index in [1.165, 1.54) is 0 Å². The van der Waals surface area contributed by atoms with Crippen LogP contribution < -0.4 is 5.32 Å². The minimum absolute atomic E-state index is 0.00381. The maximum Gasteiger partial charge on any atom is 0.238 e. The van der Waals surface area contributed by atoms with E-state index in [1.54, 1.807) is 0 Å². The molecule has 1 fully saturated rings. The standard InChI is InChI=1S/C20H31N3O2/c1-5-22(6-2)20(25)11-12-23(17-9-10-17)14-19(24)21-18-13-15(3)7-8-16(18)4/h7-8,13,17H,5-6,9-12,14H2,1-4H3,(H,21,24). The van der Waals surface area contributed by atoms with Gasteiger partial charge in [-0.2, -0.15) is 0 Å². The summed E-state index contributed by atoms with van der Waals surface area (Å²) < 4.78 is 0. The van der Waals surface area contributed by atoms with E-state index in [1.807, 2.05) is 50.8 Å². The minimum atomic E-state index is -0.00381. The molecule has 0 bridgehead atoms. The maximum absolute atomic E-state index is 12.5. The molecule has 5 heteroatoms. The van der Waals surface area contributed by atoms with Crippen LogP contribution in [0.15, 0.2) is 18.2 Å². The first kappa shape index (κ1) is 19.4. The summed E-state index contributed by atoms with van der Waals surface area (Å²) in [5.74, 6) is 0.168. The Bertz CT molecular complexity index is 607. The Hall–Kier alpha value is -1.88. The van der Waals surface area contributed by atoms with E-state index in [0.29, 0.717) is 25.6 Å². The number of hydrogen-bond donors (Lipinski definition) is 1. The number of anilines is 1. The van der Waals surface area contributed by atoms with E-state index in [4.69, 9.17) is 0 Å². The Labute approximate surface area is 151 Å². The third-order valence-corrected chi connectivity index (χ3v) is 4.81. The average molecular weight is 345 g/mol. The van der Waals surface area contributed by atoms with Crippen molar-refractivity contribution in [1.82, 2.24) is 9.80 Å².